The molecule has 1 aromatic rings. The molecular weight excluding hydrogens is 260 g/mol. The zero-order chi connectivity index (χ0) is 12.7. The van der Waals surface area contributed by atoms with Crippen LogP contribution in [-0.4, -0.2) is 29.4 Å². The molecular formula is C11H15ClN2O2S. The Morgan fingerprint density at radius 1 is 1.65 bits per heavy atom. The molecule has 0 saturated heterocycles. The molecule has 1 unspecified atom stereocenters. The van der Waals surface area contributed by atoms with Crippen LogP contribution in [0.3, 0.4) is 0 Å². The maximum atomic E-state index is 11.2. The summed E-state index contributed by atoms with van der Waals surface area (Å²) in [5, 5.41) is 0.474. The SMILES string of the molecule is CCOC(=O)C(N)CSCc1ccc(Cl)nc1. The summed E-state index contributed by atoms with van der Waals surface area (Å²) in [4.78, 5) is 15.2. The fraction of sp³-hybridized carbons (Fsp3) is 0.455. The van der Waals surface area contributed by atoms with Crippen molar-refractivity contribution in [1.82, 2.24) is 4.98 Å². The van der Waals surface area contributed by atoms with Gasteiger partial charge in [-0.25, -0.2) is 4.98 Å². The van der Waals surface area contributed by atoms with Gasteiger partial charge in [-0.1, -0.05) is 17.7 Å². The molecule has 0 aliphatic heterocycles. The van der Waals surface area contributed by atoms with Gasteiger partial charge in [0.1, 0.15) is 11.2 Å². The Hall–Kier alpha value is -0.780. The first-order chi connectivity index (χ1) is 8.13. The first-order valence-electron chi connectivity index (χ1n) is 5.24. The summed E-state index contributed by atoms with van der Waals surface area (Å²) in [6.07, 6.45) is 1.71. The second-order valence-electron chi connectivity index (χ2n) is 3.36. The van der Waals surface area contributed by atoms with Gasteiger partial charge in [0.25, 0.3) is 0 Å². The average molecular weight is 275 g/mol. The zero-order valence-electron chi connectivity index (χ0n) is 9.56. The minimum Gasteiger partial charge on any atom is -0.465 e. The summed E-state index contributed by atoms with van der Waals surface area (Å²) < 4.78 is 4.82. The van der Waals surface area contributed by atoms with Gasteiger partial charge in [0.15, 0.2) is 0 Å². The predicted octanol–water partition coefficient (Wildman–Crippen LogP) is 1.86. The van der Waals surface area contributed by atoms with E-state index in [2.05, 4.69) is 4.98 Å². The molecule has 17 heavy (non-hydrogen) atoms. The van der Waals surface area contributed by atoms with Crippen molar-refractivity contribution in [3.05, 3.63) is 29.0 Å². The number of aromatic nitrogens is 1. The Kier molecular flexibility index (Phi) is 6.32. The van der Waals surface area contributed by atoms with Crippen LogP contribution in [0.4, 0.5) is 0 Å². The number of halogens is 1. The second-order valence-corrected chi connectivity index (χ2v) is 4.78. The van der Waals surface area contributed by atoms with Gasteiger partial charge in [0.05, 0.1) is 6.61 Å². The van der Waals surface area contributed by atoms with E-state index < -0.39 is 6.04 Å². The van der Waals surface area contributed by atoms with E-state index in [1.165, 1.54) is 0 Å². The molecule has 0 fully saturated rings. The molecule has 1 rings (SSSR count). The van der Waals surface area contributed by atoms with Crippen LogP contribution in [0.15, 0.2) is 18.3 Å². The molecule has 0 aliphatic rings. The minimum absolute atomic E-state index is 0.353. The molecule has 0 aliphatic carbocycles. The van der Waals surface area contributed by atoms with Crippen LogP contribution in [-0.2, 0) is 15.3 Å². The van der Waals surface area contributed by atoms with Crippen molar-refractivity contribution >= 4 is 29.3 Å². The Bertz CT molecular complexity index is 359. The summed E-state index contributed by atoms with van der Waals surface area (Å²) in [5.41, 5.74) is 6.71. The number of nitrogens with two attached hydrogens (primary N) is 1. The Morgan fingerprint density at radius 3 is 3.00 bits per heavy atom. The van der Waals surface area contributed by atoms with Gasteiger partial charge in [-0.05, 0) is 18.6 Å². The first kappa shape index (κ1) is 14.3. The Labute approximate surface area is 110 Å². The van der Waals surface area contributed by atoms with Crippen molar-refractivity contribution in [2.75, 3.05) is 12.4 Å². The molecule has 0 amide bonds. The zero-order valence-corrected chi connectivity index (χ0v) is 11.1. The lowest BCUT2D eigenvalue weighted by molar-refractivity contribution is -0.144. The van der Waals surface area contributed by atoms with Gasteiger partial charge in [0.2, 0.25) is 0 Å². The van der Waals surface area contributed by atoms with Crippen LogP contribution in [0.5, 0.6) is 0 Å². The molecule has 0 spiro atoms. The van der Waals surface area contributed by atoms with Gasteiger partial charge < -0.3 is 10.5 Å². The number of nitrogens with zero attached hydrogens (tertiary/aromatic N) is 1. The number of pyridine rings is 1. The third-order valence-corrected chi connectivity index (χ3v) is 3.30. The van der Waals surface area contributed by atoms with E-state index in [4.69, 9.17) is 22.1 Å². The van der Waals surface area contributed by atoms with Crippen LogP contribution < -0.4 is 5.73 Å². The quantitative estimate of drug-likeness (QED) is 0.634. The number of hydrogen-bond acceptors (Lipinski definition) is 5. The van der Waals surface area contributed by atoms with E-state index in [1.54, 1.807) is 30.9 Å². The lowest BCUT2D eigenvalue weighted by Crippen LogP contribution is -2.34. The predicted molar refractivity (Wildman–Crippen MR) is 70.0 cm³/mol. The molecule has 0 aromatic carbocycles. The maximum Gasteiger partial charge on any atom is 0.323 e. The largest absolute Gasteiger partial charge is 0.465 e. The molecule has 4 nitrogen and oxygen atoms in total. The van der Waals surface area contributed by atoms with Crippen LogP contribution in [0.1, 0.15) is 12.5 Å². The second kappa shape index (κ2) is 7.53. The highest BCUT2D eigenvalue weighted by Gasteiger charge is 2.13. The lowest BCUT2D eigenvalue weighted by atomic mass is 10.3. The van der Waals surface area contributed by atoms with Crippen molar-refractivity contribution in [2.45, 2.75) is 18.7 Å². The van der Waals surface area contributed by atoms with E-state index in [9.17, 15) is 4.79 Å². The molecule has 6 heteroatoms. The van der Waals surface area contributed by atoms with E-state index in [1.807, 2.05) is 6.07 Å². The van der Waals surface area contributed by atoms with Crippen molar-refractivity contribution in [1.29, 1.82) is 0 Å². The van der Waals surface area contributed by atoms with E-state index >= 15 is 0 Å². The number of hydrogen-bond donors (Lipinski definition) is 1. The summed E-state index contributed by atoms with van der Waals surface area (Å²) in [6, 6.07) is 3.07. The normalized spacial score (nSPS) is 12.2. The van der Waals surface area contributed by atoms with E-state index in [0.717, 1.165) is 11.3 Å². The highest BCUT2D eigenvalue weighted by molar-refractivity contribution is 7.98. The smallest absolute Gasteiger partial charge is 0.323 e. The number of carbonyl (C=O) groups is 1. The monoisotopic (exact) mass is 274 g/mol. The van der Waals surface area contributed by atoms with Crippen molar-refractivity contribution < 1.29 is 9.53 Å². The van der Waals surface area contributed by atoms with Gasteiger partial charge in [-0.2, -0.15) is 11.8 Å². The molecule has 2 N–H and O–H groups in total. The maximum absolute atomic E-state index is 11.2. The summed E-state index contributed by atoms with van der Waals surface area (Å²) in [7, 11) is 0. The van der Waals surface area contributed by atoms with Crippen molar-refractivity contribution in [3.63, 3.8) is 0 Å². The first-order valence-corrected chi connectivity index (χ1v) is 6.77. The number of thioether (sulfide) groups is 1. The topological polar surface area (TPSA) is 65.2 Å². The Balaban J connectivity index is 2.27. The number of carbonyl (C=O) groups excluding carboxylic acids is 1. The van der Waals surface area contributed by atoms with Crippen LogP contribution >= 0.6 is 23.4 Å². The van der Waals surface area contributed by atoms with Crippen LogP contribution in [0, 0.1) is 0 Å². The minimum atomic E-state index is -0.569. The van der Waals surface area contributed by atoms with Gasteiger partial charge in [0, 0.05) is 17.7 Å². The molecule has 94 valence electrons. The summed E-state index contributed by atoms with van der Waals surface area (Å²) in [6.45, 7) is 2.12. The highest BCUT2D eigenvalue weighted by Crippen LogP contribution is 2.14. The Morgan fingerprint density at radius 2 is 2.41 bits per heavy atom. The highest BCUT2D eigenvalue weighted by atomic mass is 35.5. The third kappa shape index (κ3) is 5.39. The van der Waals surface area contributed by atoms with E-state index in [-0.39, 0.29) is 5.97 Å². The fourth-order valence-corrected chi connectivity index (χ4v) is 2.14. The number of rotatable bonds is 6. The molecule has 1 atom stereocenters. The summed E-state index contributed by atoms with van der Waals surface area (Å²) in [5.74, 6) is 0.924. The van der Waals surface area contributed by atoms with E-state index in [0.29, 0.717) is 17.5 Å². The number of esters is 1. The molecule has 0 radical (unpaired) electrons. The van der Waals surface area contributed by atoms with Crippen molar-refractivity contribution in [2.24, 2.45) is 5.73 Å². The molecule has 1 aromatic heterocycles. The molecule has 0 saturated carbocycles. The summed E-state index contributed by atoms with van der Waals surface area (Å²) >= 11 is 7.24. The van der Waals surface area contributed by atoms with Crippen LogP contribution in [0.2, 0.25) is 5.15 Å². The van der Waals surface area contributed by atoms with Gasteiger partial charge in [-0.15, -0.1) is 0 Å². The van der Waals surface area contributed by atoms with Gasteiger partial charge >= 0.3 is 5.97 Å². The number of ether oxygens (including phenoxy) is 1. The van der Waals surface area contributed by atoms with Crippen molar-refractivity contribution in [3.8, 4) is 0 Å². The van der Waals surface area contributed by atoms with Crippen LogP contribution in [0.25, 0.3) is 0 Å². The standard InChI is InChI=1S/C11H15ClN2O2S/c1-2-16-11(15)9(13)7-17-6-8-3-4-10(12)14-5-8/h3-5,9H,2,6-7,13H2,1H3. The van der Waals surface area contributed by atoms with Gasteiger partial charge in [-0.3, -0.25) is 4.79 Å². The average Bonchev–Trinajstić information content (AvgIpc) is 2.32. The fourth-order valence-electron chi connectivity index (χ4n) is 1.11. The third-order valence-electron chi connectivity index (χ3n) is 1.94. The lowest BCUT2D eigenvalue weighted by Gasteiger charge is -2.09. The molecule has 0 bridgehead atoms. The molecule has 1 heterocycles.